The molecule has 138 valence electrons. The lowest BCUT2D eigenvalue weighted by Crippen LogP contribution is -2.42. The third-order valence-corrected chi connectivity index (χ3v) is 6.93. The van der Waals surface area contributed by atoms with E-state index in [9.17, 15) is 13.2 Å². The van der Waals surface area contributed by atoms with Crippen LogP contribution in [0, 0.1) is 0 Å². The predicted octanol–water partition coefficient (Wildman–Crippen LogP) is 2.60. The highest BCUT2D eigenvalue weighted by Crippen LogP contribution is 2.21. The molecule has 7 heteroatoms. The lowest BCUT2D eigenvalue weighted by Gasteiger charge is -2.22. The number of hydrogen-bond acceptors (Lipinski definition) is 3. The molecule has 3 rings (SSSR count). The summed E-state index contributed by atoms with van der Waals surface area (Å²) in [5.41, 5.74) is 0.888. The van der Waals surface area contributed by atoms with Crippen molar-refractivity contribution in [2.75, 3.05) is 13.1 Å². The van der Waals surface area contributed by atoms with Crippen LogP contribution in [0.3, 0.4) is 0 Å². The molecule has 0 atom stereocenters. The van der Waals surface area contributed by atoms with Gasteiger partial charge in [-0.05, 0) is 43.4 Å². The number of amides is 2. The molecule has 1 aromatic carbocycles. The van der Waals surface area contributed by atoms with Gasteiger partial charge in [-0.3, -0.25) is 0 Å². The van der Waals surface area contributed by atoms with E-state index in [0.29, 0.717) is 24.5 Å². The van der Waals surface area contributed by atoms with Gasteiger partial charge in [0.1, 0.15) is 0 Å². The van der Waals surface area contributed by atoms with Gasteiger partial charge in [0.05, 0.1) is 4.90 Å². The predicted molar refractivity (Wildman–Crippen MR) is 96.7 cm³/mol. The maximum Gasteiger partial charge on any atom is 0.315 e. The molecule has 2 aliphatic rings. The highest BCUT2D eigenvalue weighted by molar-refractivity contribution is 7.89. The van der Waals surface area contributed by atoms with Crippen molar-refractivity contribution < 1.29 is 13.2 Å². The molecule has 1 aliphatic carbocycles. The lowest BCUT2D eigenvalue weighted by molar-refractivity contribution is 0.232. The first-order valence-corrected chi connectivity index (χ1v) is 10.6. The molecule has 0 spiro atoms. The average Bonchev–Trinajstić information content (AvgIpc) is 3.17. The maximum atomic E-state index is 12.5. The Morgan fingerprint density at radius 3 is 2.28 bits per heavy atom. The fraction of sp³-hybridized carbons (Fsp3) is 0.611. The van der Waals surface area contributed by atoms with Crippen molar-refractivity contribution in [3.63, 3.8) is 0 Å². The van der Waals surface area contributed by atoms with Crippen LogP contribution in [0.15, 0.2) is 29.2 Å². The number of carbonyl (C=O) groups is 1. The number of sulfonamides is 1. The zero-order chi connectivity index (χ0) is 17.7. The molecule has 0 aromatic heterocycles. The van der Waals surface area contributed by atoms with Gasteiger partial charge >= 0.3 is 6.03 Å². The van der Waals surface area contributed by atoms with Gasteiger partial charge in [0.15, 0.2) is 0 Å². The summed E-state index contributed by atoms with van der Waals surface area (Å²) in [6.45, 7) is 1.60. The molecule has 1 saturated heterocycles. The summed E-state index contributed by atoms with van der Waals surface area (Å²) in [4.78, 5) is 12.3. The van der Waals surface area contributed by atoms with Crippen LogP contribution in [0.25, 0.3) is 0 Å². The monoisotopic (exact) mass is 365 g/mol. The first kappa shape index (κ1) is 18.2. The van der Waals surface area contributed by atoms with E-state index in [0.717, 1.165) is 31.2 Å². The Kier molecular flexibility index (Phi) is 5.96. The van der Waals surface area contributed by atoms with Crippen LogP contribution in [-0.2, 0) is 16.6 Å². The molecule has 25 heavy (non-hydrogen) atoms. The maximum absolute atomic E-state index is 12.5. The second-order valence-electron chi connectivity index (χ2n) is 6.92. The van der Waals surface area contributed by atoms with E-state index in [1.54, 1.807) is 24.3 Å². The highest BCUT2D eigenvalue weighted by atomic mass is 32.2. The lowest BCUT2D eigenvalue weighted by atomic mass is 9.96. The van der Waals surface area contributed by atoms with Crippen LogP contribution >= 0.6 is 0 Å². The molecule has 0 radical (unpaired) electrons. The summed E-state index contributed by atoms with van der Waals surface area (Å²) < 4.78 is 26.5. The van der Waals surface area contributed by atoms with Crippen LogP contribution in [0.2, 0.25) is 0 Å². The Balaban J connectivity index is 1.51. The molecule has 6 nitrogen and oxygen atoms in total. The van der Waals surface area contributed by atoms with E-state index in [2.05, 4.69) is 10.6 Å². The van der Waals surface area contributed by atoms with Crippen molar-refractivity contribution in [2.45, 2.75) is 62.4 Å². The summed E-state index contributed by atoms with van der Waals surface area (Å²) in [6.07, 6.45) is 7.57. The number of carbonyl (C=O) groups excluding carboxylic acids is 1. The van der Waals surface area contributed by atoms with Gasteiger partial charge in [-0.25, -0.2) is 13.2 Å². The topological polar surface area (TPSA) is 78.5 Å². The van der Waals surface area contributed by atoms with Gasteiger partial charge in [-0.1, -0.05) is 31.4 Å². The summed E-state index contributed by atoms with van der Waals surface area (Å²) in [5, 5.41) is 5.86. The van der Waals surface area contributed by atoms with Crippen molar-refractivity contribution in [3.05, 3.63) is 29.8 Å². The number of urea groups is 1. The molecule has 2 fully saturated rings. The van der Waals surface area contributed by atoms with E-state index in [-0.39, 0.29) is 12.1 Å². The average molecular weight is 365 g/mol. The second kappa shape index (κ2) is 8.19. The zero-order valence-electron chi connectivity index (χ0n) is 14.5. The Morgan fingerprint density at radius 1 is 1.00 bits per heavy atom. The molecule has 2 amide bonds. The highest BCUT2D eigenvalue weighted by Gasteiger charge is 2.26. The molecule has 0 unspecified atom stereocenters. The van der Waals surface area contributed by atoms with Crippen LogP contribution in [0.1, 0.15) is 50.5 Å². The van der Waals surface area contributed by atoms with Crippen molar-refractivity contribution in [2.24, 2.45) is 0 Å². The summed E-state index contributed by atoms with van der Waals surface area (Å²) in [7, 11) is -3.37. The van der Waals surface area contributed by atoms with Gasteiger partial charge in [-0.15, -0.1) is 0 Å². The fourth-order valence-electron chi connectivity index (χ4n) is 3.52. The van der Waals surface area contributed by atoms with E-state index < -0.39 is 10.0 Å². The number of nitrogens with one attached hydrogen (secondary N) is 2. The molecule has 2 N–H and O–H groups in total. The Morgan fingerprint density at radius 2 is 1.64 bits per heavy atom. The van der Waals surface area contributed by atoms with Gasteiger partial charge in [0, 0.05) is 25.7 Å². The molecule has 1 aliphatic heterocycles. The van der Waals surface area contributed by atoms with Gasteiger partial charge < -0.3 is 10.6 Å². The SMILES string of the molecule is O=C(NCc1ccc(S(=O)(=O)N2CCCC2)cc1)NC1CCCCC1. The van der Waals surface area contributed by atoms with Crippen molar-refractivity contribution in [1.82, 2.24) is 14.9 Å². The van der Waals surface area contributed by atoms with Crippen LogP contribution in [-0.4, -0.2) is 37.9 Å². The Labute approximate surface area is 150 Å². The smallest absolute Gasteiger partial charge is 0.315 e. The second-order valence-corrected chi connectivity index (χ2v) is 8.86. The van der Waals surface area contributed by atoms with Gasteiger partial charge in [-0.2, -0.15) is 4.31 Å². The number of benzene rings is 1. The largest absolute Gasteiger partial charge is 0.335 e. The summed E-state index contributed by atoms with van der Waals surface area (Å²) in [6, 6.07) is 6.92. The third kappa shape index (κ3) is 4.73. The molecule has 1 saturated carbocycles. The van der Waals surface area contributed by atoms with Crippen LogP contribution in [0.5, 0.6) is 0 Å². The molecule has 0 bridgehead atoms. The molecular formula is C18H27N3O3S. The number of nitrogens with zero attached hydrogens (tertiary/aromatic N) is 1. The molecular weight excluding hydrogens is 338 g/mol. The van der Waals surface area contributed by atoms with E-state index in [1.165, 1.54) is 23.6 Å². The fourth-order valence-corrected chi connectivity index (χ4v) is 5.04. The Bertz CT molecular complexity index is 676. The molecule has 1 aromatic rings. The third-order valence-electron chi connectivity index (χ3n) is 5.02. The summed E-state index contributed by atoms with van der Waals surface area (Å²) >= 11 is 0. The van der Waals surface area contributed by atoms with E-state index in [1.807, 2.05) is 0 Å². The zero-order valence-corrected chi connectivity index (χ0v) is 15.4. The van der Waals surface area contributed by atoms with Crippen molar-refractivity contribution in [3.8, 4) is 0 Å². The van der Waals surface area contributed by atoms with E-state index in [4.69, 9.17) is 0 Å². The van der Waals surface area contributed by atoms with Crippen LogP contribution in [0.4, 0.5) is 4.79 Å². The van der Waals surface area contributed by atoms with Gasteiger partial charge in [0.25, 0.3) is 0 Å². The minimum atomic E-state index is -3.37. The number of rotatable bonds is 5. The molecule has 1 heterocycles. The van der Waals surface area contributed by atoms with E-state index >= 15 is 0 Å². The number of hydrogen-bond donors (Lipinski definition) is 2. The van der Waals surface area contributed by atoms with Gasteiger partial charge in [0.2, 0.25) is 10.0 Å². The first-order chi connectivity index (χ1) is 12.1. The summed E-state index contributed by atoms with van der Waals surface area (Å²) in [5.74, 6) is 0. The first-order valence-electron chi connectivity index (χ1n) is 9.19. The van der Waals surface area contributed by atoms with Crippen LogP contribution < -0.4 is 10.6 Å². The van der Waals surface area contributed by atoms with Crippen molar-refractivity contribution in [1.29, 1.82) is 0 Å². The standard InChI is InChI=1S/C18H27N3O3S/c22-18(20-16-6-2-1-3-7-16)19-14-15-8-10-17(11-9-15)25(23,24)21-12-4-5-13-21/h8-11,16H,1-7,12-14H2,(H2,19,20,22). The minimum absolute atomic E-state index is 0.152. The quantitative estimate of drug-likeness (QED) is 0.842. The normalized spacial score (nSPS) is 19.7. The van der Waals surface area contributed by atoms with Crippen molar-refractivity contribution >= 4 is 16.1 Å². The minimum Gasteiger partial charge on any atom is -0.335 e. The Hall–Kier alpha value is -1.60.